The smallest absolute Gasteiger partial charge is 0.242 e. The van der Waals surface area contributed by atoms with Gasteiger partial charge in [-0.05, 0) is 71.0 Å². The van der Waals surface area contributed by atoms with E-state index in [4.69, 9.17) is 0 Å². The molecule has 0 spiro atoms. The summed E-state index contributed by atoms with van der Waals surface area (Å²) in [5.41, 5.74) is 1.02. The first-order chi connectivity index (χ1) is 11.0. The third kappa shape index (κ3) is 3.30. The van der Waals surface area contributed by atoms with Gasteiger partial charge >= 0.3 is 0 Å². The highest BCUT2D eigenvalue weighted by atomic mass is 16.2. The van der Waals surface area contributed by atoms with Gasteiger partial charge < -0.3 is 4.90 Å². The molecule has 0 aliphatic carbocycles. The number of hydrogen-bond acceptors (Lipinski definition) is 3. The molecule has 0 saturated carbocycles. The summed E-state index contributed by atoms with van der Waals surface area (Å²) in [5.74, 6) is 1.02. The first-order valence-corrected chi connectivity index (χ1v) is 8.98. The van der Waals surface area contributed by atoms with Crippen molar-refractivity contribution in [3.63, 3.8) is 0 Å². The predicted molar refractivity (Wildman–Crippen MR) is 91.1 cm³/mol. The Labute approximate surface area is 139 Å². The van der Waals surface area contributed by atoms with Crippen molar-refractivity contribution in [2.24, 2.45) is 13.0 Å². The zero-order valence-corrected chi connectivity index (χ0v) is 14.8. The Bertz CT molecular complexity index is 547. The van der Waals surface area contributed by atoms with E-state index in [2.05, 4.69) is 34.9 Å². The number of rotatable bonds is 3. The Kier molecular flexibility index (Phi) is 4.76. The van der Waals surface area contributed by atoms with Gasteiger partial charge in [-0.3, -0.25) is 14.4 Å². The minimum Gasteiger partial charge on any atom is -0.341 e. The van der Waals surface area contributed by atoms with Crippen molar-refractivity contribution < 1.29 is 4.79 Å². The highest BCUT2D eigenvalue weighted by molar-refractivity contribution is 5.86. The minimum absolute atomic E-state index is 0.285. The zero-order valence-electron chi connectivity index (χ0n) is 14.8. The first-order valence-electron chi connectivity index (χ1n) is 8.98. The lowest BCUT2D eigenvalue weighted by atomic mass is 9.85. The van der Waals surface area contributed by atoms with Crippen molar-refractivity contribution in [2.45, 2.75) is 51.0 Å². The molecular weight excluding hydrogens is 288 g/mol. The van der Waals surface area contributed by atoms with E-state index < -0.39 is 0 Å². The molecule has 2 aliphatic heterocycles. The Hall–Kier alpha value is -1.36. The molecule has 1 aromatic heterocycles. The maximum atomic E-state index is 13.0. The van der Waals surface area contributed by atoms with Crippen LogP contribution in [0.2, 0.25) is 0 Å². The molecule has 0 unspecified atom stereocenters. The fourth-order valence-electron chi connectivity index (χ4n) is 4.10. The average Bonchev–Trinajstić information content (AvgIpc) is 2.95. The number of likely N-dealkylation sites (N-methyl/N-ethyl adjacent to an activating group) is 1. The largest absolute Gasteiger partial charge is 0.341 e. The van der Waals surface area contributed by atoms with Crippen molar-refractivity contribution in [2.75, 3.05) is 26.7 Å². The summed E-state index contributed by atoms with van der Waals surface area (Å²) in [4.78, 5) is 17.4. The Morgan fingerprint density at radius 3 is 2.61 bits per heavy atom. The fourth-order valence-corrected chi connectivity index (χ4v) is 4.10. The van der Waals surface area contributed by atoms with Gasteiger partial charge in [0.05, 0.1) is 5.54 Å². The standard InChI is InChI=1S/C18H30N4O/c1-18(9-4-5-11-20(18)2)17(23)22-12-7-15(8-13-22)14-16-6-10-19-21(16)3/h6,10,15H,4-5,7-9,11-14H2,1-3H3/t18-/m0/s1. The number of aromatic nitrogens is 2. The maximum absolute atomic E-state index is 13.0. The fraction of sp³-hybridized carbons (Fsp3) is 0.778. The number of carbonyl (C=O) groups is 1. The molecule has 2 fully saturated rings. The van der Waals surface area contributed by atoms with Crippen LogP contribution < -0.4 is 0 Å². The summed E-state index contributed by atoms with van der Waals surface area (Å²) in [6.45, 7) is 4.99. The topological polar surface area (TPSA) is 41.4 Å². The number of carbonyl (C=O) groups excluding carboxylic acids is 1. The molecule has 1 atom stereocenters. The van der Waals surface area contributed by atoms with E-state index in [-0.39, 0.29) is 5.54 Å². The average molecular weight is 318 g/mol. The second kappa shape index (κ2) is 6.63. The van der Waals surface area contributed by atoms with Gasteiger partial charge in [0.2, 0.25) is 5.91 Å². The van der Waals surface area contributed by atoms with Crippen molar-refractivity contribution in [1.82, 2.24) is 19.6 Å². The van der Waals surface area contributed by atoms with Crippen molar-refractivity contribution in [1.29, 1.82) is 0 Å². The van der Waals surface area contributed by atoms with Crippen LogP contribution in [-0.4, -0.2) is 57.7 Å². The monoisotopic (exact) mass is 318 g/mol. The highest BCUT2D eigenvalue weighted by Gasteiger charge is 2.42. The van der Waals surface area contributed by atoms with Gasteiger partial charge in [-0.25, -0.2) is 0 Å². The predicted octanol–water partition coefficient (Wildman–Crippen LogP) is 2.08. The maximum Gasteiger partial charge on any atom is 0.242 e. The second-order valence-electron chi connectivity index (χ2n) is 7.54. The molecule has 5 heteroatoms. The molecule has 0 bridgehead atoms. The molecule has 1 aromatic rings. The number of piperidine rings is 2. The normalized spacial score (nSPS) is 27.3. The lowest BCUT2D eigenvalue weighted by Crippen LogP contribution is -2.59. The highest BCUT2D eigenvalue weighted by Crippen LogP contribution is 2.30. The summed E-state index contributed by atoms with van der Waals surface area (Å²) in [6.07, 6.45) is 8.55. The van der Waals surface area contributed by atoms with Crippen LogP contribution in [0.25, 0.3) is 0 Å². The number of aryl methyl sites for hydroxylation is 1. The number of hydrogen-bond donors (Lipinski definition) is 0. The van der Waals surface area contributed by atoms with Crippen LogP contribution in [0.15, 0.2) is 12.3 Å². The van der Waals surface area contributed by atoms with Crippen LogP contribution in [0.4, 0.5) is 0 Å². The Morgan fingerprint density at radius 2 is 2.00 bits per heavy atom. The van der Waals surface area contributed by atoms with Crippen LogP contribution in [0.3, 0.4) is 0 Å². The van der Waals surface area contributed by atoms with Gasteiger partial charge in [-0.1, -0.05) is 0 Å². The summed E-state index contributed by atoms with van der Waals surface area (Å²) in [7, 11) is 4.11. The van der Waals surface area contributed by atoms with E-state index in [0.29, 0.717) is 11.8 Å². The van der Waals surface area contributed by atoms with Crippen LogP contribution in [0.5, 0.6) is 0 Å². The molecule has 3 heterocycles. The SMILES string of the molecule is CN1CCCC[C@@]1(C)C(=O)N1CCC(Cc2ccnn2C)CC1. The molecule has 23 heavy (non-hydrogen) atoms. The van der Waals surface area contributed by atoms with Crippen molar-refractivity contribution in [3.8, 4) is 0 Å². The summed E-state index contributed by atoms with van der Waals surface area (Å²) < 4.78 is 1.97. The molecular formula is C18H30N4O. The van der Waals surface area contributed by atoms with Crippen molar-refractivity contribution in [3.05, 3.63) is 18.0 Å². The van der Waals surface area contributed by atoms with Gasteiger partial charge in [-0.2, -0.15) is 5.10 Å². The molecule has 1 amide bonds. The molecule has 5 nitrogen and oxygen atoms in total. The van der Waals surface area contributed by atoms with E-state index in [9.17, 15) is 4.79 Å². The molecule has 0 aromatic carbocycles. The quantitative estimate of drug-likeness (QED) is 0.857. The molecule has 128 valence electrons. The first kappa shape index (κ1) is 16.5. The van der Waals surface area contributed by atoms with Gasteiger partial charge in [0.1, 0.15) is 0 Å². The third-order valence-corrected chi connectivity index (χ3v) is 6.03. The molecule has 3 rings (SSSR count). The number of amides is 1. The molecule has 0 N–H and O–H groups in total. The second-order valence-corrected chi connectivity index (χ2v) is 7.54. The molecule has 0 radical (unpaired) electrons. The Balaban J connectivity index is 1.56. The minimum atomic E-state index is -0.285. The number of nitrogens with zero attached hydrogens (tertiary/aromatic N) is 4. The van der Waals surface area contributed by atoms with E-state index in [1.54, 1.807) is 0 Å². The summed E-state index contributed by atoms with van der Waals surface area (Å²) in [6, 6.07) is 2.11. The van der Waals surface area contributed by atoms with E-state index in [1.165, 1.54) is 18.5 Å². The summed E-state index contributed by atoms with van der Waals surface area (Å²) in [5, 5.41) is 4.25. The molecule has 2 aliphatic rings. The van der Waals surface area contributed by atoms with Crippen LogP contribution in [-0.2, 0) is 18.3 Å². The van der Waals surface area contributed by atoms with Crippen LogP contribution in [0.1, 0.15) is 44.7 Å². The van der Waals surface area contributed by atoms with Crippen LogP contribution >= 0.6 is 0 Å². The van der Waals surface area contributed by atoms with Crippen LogP contribution in [0, 0.1) is 5.92 Å². The zero-order chi connectivity index (χ0) is 16.4. The molecule has 2 saturated heterocycles. The lowest BCUT2D eigenvalue weighted by molar-refractivity contribution is -0.146. The summed E-state index contributed by atoms with van der Waals surface area (Å²) >= 11 is 0. The Morgan fingerprint density at radius 1 is 1.26 bits per heavy atom. The van der Waals surface area contributed by atoms with Gasteiger partial charge in [-0.15, -0.1) is 0 Å². The van der Waals surface area contributed by atoms with Gasteiger partial charge in [0.15, 0.2) is 0 Å². The van der Waals surface area contributed by atoms with E-state index in [1.807, 2.05) is 17.9 Å². The van der Waals surface area contributed by atoms with Crippen molar-refractivity contribution >= 4 is 5.91 Å². The van der Waals surface area contributed by atoms with E-state index in [0.717, 1.165) is 45.3 Å². The van der Waals surface area contributed by atoms with E-state index >= 15 is 0 Å². The third-order valence-electron chi connectivity index (χ3n) is 6.03. The van der Waals surface area contributed by atoms with Gasteiger partial charge in [0, 0.05) is 32.0 Å². The number of likely N-dealkylation sites (tertiary alicyclic amines) is 2. The lowest BCUT2D eigenvalue weighted by Gasteiger charge is -2.45. The van der Waals surface area contributed by atoms with Gasteiger partial charge in [0.25, 0.3) is 0 Å².